The van der Waals surface area contributed by atoms with Gasteiger partial charge in [-0.2, -0.15) is 0 Å². The van der Waals surface area contributed by atoms with Crippen molar-refractivity contribution in [3.8, 4) is 0 Å². The summed E-state index contributed by atoms with van der Waals surface area (Å²) in [7, 11) is 2.71. The first-order chi connectivity index (χ1) is 15.3. The Balaban J connectivity index is 1.97. The Hall–Kier alpha value is -2.78. The molecule has 2 aliphatic heterocycles. The third kappa shape index (κ3) is 4.02. The molecule has 2 heterocycles. The number of methoxy groups -OCH3 is 2. The lowest BCUT2D eigenvalue weighted by molar-refractivity contribution is -0.154. The molecule has 1 N–H and O–H groups in total. The Kier molecular flexibility index (Phi) is 7.30. The van der Waals surface area contributed by atoms with Gasteiger partial charge in [0.05, 0.1) is 25.5 Å². The SMILES string of the molecule is CCN(C[C@H]1N[C@@](CC)(C(=O)OC)[C@H]2C(=O)N(Cc3ccccc3)C(=O)[C@@H]12)C(=O)COC. The van der Waals surface area contributed by atoms with Gasteiger partial charge in [-0.3, -0.25) is 29.4 Å². The van der Waals surface area contributed by atoms with Crippen LogP contribution in [-0.2, 0) is 35.2 Å². The number of benzene rings is 1. The predicted octanol–water partition coefficient (Wildman–Crippen LogP) is 0.576. The largest absolute Gasteiger partial charge is 0.468 e. The summed E-state index contributed by atoms with van der Waals surface area (Å²) in [4.78, 5) is 55.1. The molecule has 174 valence electrons. The highest BCUT2D eigenvalue weighted by Crippen LogP contribution is 2.45. The molecule has 0 saturated carbocycles. The summed E-state index contributed by atoms with van der Waals surface area (Å²) in [5.41, 5.74) is -0.504. The number of esters is 1. The number of likely N-dealkylation sites (N-methyl/N-ethyl adjacent to an activating group) is 1. The first-order valence-electron chi connectivity index (χ1n) is 10.9. The summed E-state index contributed by atoms with van der Waals surface area (Å²) in [6, 6.07) is 8.67. The predicted molar refractivity (Wildman–Crippen MR) is 115 cm³/mol. The quantitative estimate of drug-likeness (QED) is 0.438. The molecular weight excluding hydrogens is 414 g/mol. The van der Waals surface area contributed by atoms with Gasteiger partial charge in [-0.1, -0.05) is 37.3 Å². The molecule has 2 saturated heterocycles. The third-order valence-corrected chi connectivity index (χ3v) is 6.56. The number of imide groups is 1. The highest BCUT2D eigenvalue weighted by molar-refractivity contribution is 6.09. The van der Waals surface area contributed by atoms with E-state index in [4.69, 9.17) is 9.47 Å². The highest BCUT2D eigenvalue weighted by atomic mass is 16.5. The number of likely N-dealkylation sites (tertiary alicyclic amines) is 1. The van der Waals surface area contributed by atoms with Gasteiger partial charge in [-0.05, 0) is 18.9 Å². The number of fused-ring (bicyclic) bond motifs is 1. The zero-order valence-electron chi connectivity index (χ0n) is 19.0. The Morgan fingerprint density at radius 3 is 2.38 bits per heavy atom. The average Bonchev–Trinajstić information content (AvgIpc) is 3.27. The normalized spacial score (nSPS) is 26.9. The van der Waals surface area contributed by atoms with E-state index in [-0.39, 0.29) is 37.9 Å². The van der Waals surface area contributed by atoms with Gasteiger partial charge in [0, 0.05) is 26.2 Å². The summed E-state index contributed by atoms with van der Waals surface area (Å²) < 4.78 is 10.0. The Morgan fingerprint density at radius 2 is 1.81 bits per heavy atom. The smallest absolute Gasteiger partial charge is 0.326 e. The van der Waals surface area contributed by atoms with Crippen molar-refractivity contribution in [1.82, 2.24) is 15.1 Å². The monoisotopic (exact) mass is 445 g/mol. The lowest BCUT2D eigenvalue weighted by Gasteiger charge is -2.32. The lowest BCUT2D eigenvalue weighted by Crippen LogP contribution is -2.58. The molecule has 3 rings (SSSR count). The number of amides is 3. The second-order valence-corrected chi connectivity index (χ2v) is 8.18. The van der Waals surface area contributed by atoms with E-state index in [1.807, 2.05) is 37.3 Å². The minimum absolute atomic E-state index is 0.0857. The number of ether oxygens (including phenoxy) is 2. The van der Waals surface area contributed by atoms with Crippen LogP contribution in [0.2, 0.25) is 0 Å². The lowest BCUT2D eigenvalue weighted by atomic mass is 9.78. The first kappa shape index (κ1) is 23.9. The van der Waals surface area contributed by atoms with E-state index >= 15 is 0 Å². The van der Waals surface area contributed by atoms with Crippen LogP contribution in [0.15, 0.2) is 30.3 Å². The van der Waals surface area contributed by atoms with Crippen LogP contribution in [-0.4, -0.2) is 79.0 Å². The van der Waals surface area contributed by atoms with Crippen molar-refractivity contribution in [3.05, 3.63) is 35.9 Å². The fourth-order valence-corrected chi connectivity index (χ4v) is 4.96. The van der Waals surface area contributed by atoms with Gasteiger partial charge in [0.15, 0.2) is 0 Å². The average molecular weight is 446 g/mol. The van der Waals surface area contributed by atoms with Gasteiger partial charge in [0.25, 0.3) is 0 Å². The van der Waals surface area contributed by atoms with Gasteiger partial charge >= 0.3 is 5.97 Å². The van der Waals surface area contributed by atoms with Crippen LogP contribution in [0, 0.1) is 11.8 Å². The van der Waals surface area contributed by atoms with Gasteiger partial charge in [0.2, 0.25) is 17.7 Å². The maximum absolute atomic E-state index is 13.5. The highest BCUT2D eigenvalue weighted by Gasteiger charge is 2.67. The fraction of sp³-hybridized carbons (Fsp3) is 0.565. The van der Waals surface area contributed by atoms with Crippen molar-refractivity contribution in [3.63, 3.8) is 0 Å². The number of nitrogens with zero attached hydrogens (tertiary/aromatic N) is 2. The maximum atomic E-state index is 13.5. The Labute approximate surface area is 188 Å². The molecule has 0 aliphatic carbocycles. The number of carbonyl (C=O) groups is 4. The van der Waals surface area contributed by atoms with Gasteiger partial charge in [-0.15, -0.1) is 0 Å². The standard InChI is InChI=1S/C23H31N3O6/c1-5-23(22(30)32-4)19-18(16(24-23)13-25(6-2)17(27)14-31-3)20(28)26(21(19)29)12-15-10-8-7-9-11-15/h7-11,16,18-19,24H,5-6,12-14H2,1-4H3/t16-,18+,19-,23-/m1/s1. The topological polar surface area (TPSA) is 105 Å². The van der Waals surface area contributed by atoms with Crippen LogP contribution in [0.3, 0.4) is 0 Å². The molecule has 32 heavy (non-hydrogen) atoms. The number of carbonyl (C=O) groups excluding carboxylic acids is 4. The van der Waals surface area contributed by atoms with Gasteiger partial charge < -0.3 is 14.4 Å². The van der Waals surface area contributed by atoms with E-state index in [9.17, 15) is 19.2 Å². The van der Waals surface area contributed by atoms with Crippen LogP contribution in [0.5, 0.6) is 0 Å². The van der Waals surface area contributed by atoms with Crippen molar-refractivity contribution in [2.75, 3.05) is 33.9 Å². The Morgan fingerprint density at radius 1 is 1.12 bits per heavy atom. The number of hydrogen-bond donors (Lipinski definition) is 1. The van der Waals surface area contributed by atoms with E-state index in [0.717, 1.165) is 5.56 Å². The van der Waals surface area contributed by atoms with Crippen molar-refractivity contribution < 1.29 is 28.7 Å². The van der Waals surface area contributed by atoms with E-state index < -0.39 is 35.3 Å². The third-order valence-electron chi connectivity index (χ3n) is 6.56. The molecule has 0 radical (unpaired) electrons. The number of nitrogens with one attached hydrogen (secondary N) is 1. The summed E-state index contributed by atoms with van der Waals surface area (Å²) in [6.07, 6.45) is 0.272. The molecule has 2 aliphatic rings. The molecule has 2 fully saturated rings. The van der Waals surface area contributed by atoms with E-state index in [0.29, 0.717) is 6.54 Å². The molecule has 0 bridgehead atoms. The first-order valence-corrected chi connectivity index (χ1v) is 10.9. The van der Waals surface area contributed by atoms with Crippen LogP contribution >= 0.6 is 0 Å². The van der Waals surface area contributed by atoms with E-state index in [1.165, 1.54) is 19.1 Å². The Bertz CT molecular complexity index is 876. The second-order valence-electron chi connectivity index (χ2n) is 8.18. The molecule has 4 atom stereocenters. The van der Waals surface area contributed by atoms with E-state index in [1.54, 1.807) is 11.8 Å². The van der Waals surface area contributed by atoms with Crippen molar-refractivity contribution in [2.45, 2.75) is 38.4 Å². The maximum Gasteiger partial charge on any atom is 0.326 e. The van der Waals surface area contributed by atoms with Crippen molar-refractivity contribution in [1.29, 1.82) is 0 Å². The molecule has 0 aromatic heterocycles. The summed E-state index contributed by atoms with van der Waals surface area (Å²) in [5.74, 6) is -3.19. The second kappa shape index (κ2) is 9.79. The minimum Gasteiger partial charge on any atom is -0.468 e. The summed E-state index contributed by atoms with van der Waals surface area (Å²) >= 11 is 0. The molecule has 1 aromatic carbocycles. The van der Waals surface area contributed by atoms with E-state index in [2.05, 4.69) is 5.32 Å². The zero-order valence-corrected chi connectivity index (χ0v) is 19.0. The number of hydrogen-bond acceptors (Lipinski definition) is 7. The molecule has 3 amide bonds. The number of rotatable bonds is 9. The minimum atomic E-state index is -1.33. The van der Waals surface area contributed by atoms with Crippen LogP contribution in [0.4, 0.5) is 0 Å². The fourth-order valence-electron chi connectivity index (χ4n) is 4.96. The molecule has 9 nitrogen and oxygen atoms in total. The van der Waals surface area contributed by atoms with Crippen LogP contribution < -0.4 is 5.32 Å². The van der Waals surface area contributed by atoms with Crippen molar-refractivity contribution >= 4 is 23.7 Å². The molecule has 1 aromatic rings. The molecule has 0 unspecified atom stereocenters. The van der Waals surface area contributed by atoms with Crippen molar-refractivity contribution in [2.24, 2.45) is 11.8 Å². The molecular formula is C23H31N3O6. The molecule has 9 heteroatoms. The van der Waals surface area contributed by atoms with Gasteiger partial charge in [0.1, 0.15) is 12.1 Å². The molecule has 0 spiro atoms. The van der Waals surface area contributed by atoms with Crippen LogP contribution in [0.1, 0.15) is 25.8 Å². The van der Waals surface area contributed by atoms with Crippen LogP contribution in [0.25, 0.3) is 0 Å². The van der Waals surface area contributed by atoms with Gasteiger partial charge in [-0.25, -0.2) is 0 Å². The summed E-state index contributed by atoms with van der Waals surface area (Å²) in [6.45, 7) is 4.25. The summed E-state index contributed by atoms with van der Waals surface area (Å²) in [5, 5.41) is 3.24. The zero-order chi connectivity index (χ0) is 23.5.